The molecule has 1 saturated heterocycles. The molecule has 0 amide bonds. The number of hydrogen-bond acceptors (Lipinski definition) is 2. The molecule has 0 unspecified atom stereocenters. The van der Waals surface area contributed by atoms with Crippen molar-refractivity contribution in [2.45, 2.75) is 71.8 Å². The molecule has 2 aliphatic rings. The number of thioether (sulfide) groups is 1. The van der Waals surface area contributed by atoms with Crippen LogP contribution in [0.5, 0.6) is 0 Å². The van der Waals surface area contributed by atoms with E-state index in [0.29, 0.717) is 5.41 Å². The van der Waals surface area contributed by atoms with Gasteiger partial charge in [0.05, 0.1) is 0 Å². The van der Waals surface area contributed by atoms with Gasteiger partial charge in [-0.2, -0.15) is 11.8 Å². The van der Waals surface area contributed by atoms with Crippen molar-refractivity contribution in [3.8, 4) is 0 Å². The van der Waals surface area contributed by atoms with Gasteiger partial charge in [-0.25, -0.2) is 0 Å². The summed E-state index contributed by atoms with van der Waals surface area (Å²) in [7, 11) is 0. The maximum Gasteiger partial charge on any atom is 0.00673 e. The smallest absolute Gasteiger partial charge is 0.00673 e. The van der Waals surface area contributed by atoms with Crippen LogP contribution in [0.15, 0.2) is 0 Å². The molecule has 1 aliphatic heterocycles. The van der Waals surface area contributed by atoms with Gasteiger partial charge < -0.3 is 5.32 Å². The fourth-order valence-electron chi connectivity index (χ4n) is 3.65. The Balaban J connectivity index is 1.66. The van der Waals surface area contributed by atoms with Crippen LogP contribution in [0.1, 0.15) is 65.7 Å². The highest BCUT2D eigenvalue weighted by molar-refractivity contribution is 7.99. The zero-order valence-electron chi connectivity index (χ0n) is 13.2. The molecule has 0 spiro atoms. The van der Waals surface area contributed by atoms with Crippen molar-refractivity contribution in [2.75, 3.05) is 18.1 Å². The largest absolute Gasteiger partial charge is 0.314 e. The lowest BCUT2D eigenvalue weighted by atomic mass is 9.69. The molecule has 2 heteroatoms. The van der Waals surface area contributed by atoms with E-state index < -0.39 is 0 Å². The molecule has 1 nitrogen and oxygen atoms in total. The van der Waals surface area contributed by atoms with E-state index in [2.05, 4.69) is 37.8 Å². The van der Waals surface area contributed by atoms with E-state index in [9.17, 15) is 0 Å². The minimum absolute atomic E-state index is 0.561. The molecule has 2 rings (SSSR count). The summed E-state index contributed by atoms with van der Waals surface area (Å²) in [5, 5.41) is 3.87. The van der Waals surface area contributed by atoms with E-state index in [1.165, 1.54) is 63.0 Å². The highest BCUT2D eigenvalue weighted by atomic mass is 32.2. The first-order chi connectivity index (χ1) is 9.12. The SMILES string of the molecule is CCC(C)(C)C1CCC(NCC2CCSCC2)CC1. The van der Waals surface area contributed by atoms with Crippen molar-refractivity contribution >= 4 is 11.8 Å². The monoisotopic (exact) mass is 283 g/mol. The van der Waals surface area contributed by atoms with Crippen LogP contribution in [-0.4, -0.2) is 24.1 Å². The Morgan fingerprint density at radius 3 is 2.21 bits per heavy atom. The van der Waals surface area contributed by atoms with Gasteiger partial charge in [-0.3, -0.25) is 0 Å². The van der Waals surface area contributed by atoms with Gasteiger partial charge in [0.25, 0.3) is 0 Å². The van der Waals surface area contributed by atoms with Gasteiger partial charge in [0.1, 0.15) is 0 Å². The lowest BCUT2D eigenvalue weighted by molar-refractivity contribution is 0.135. The topological polar surface area (TPSA) is 12.0 Å². The fourth-order valence-corrected chi connectivity index (χ4v) is 4.86. The molecule has 1 heterocycles. The second-order valence-electron chi connectivity index (χ2n) is 7.35. The number of nitrogens with one attached hydrogen (secondary N) is 1. The summed E-state index contributed by atoms with van der Waals surface area (Å²) in [6.07, 6.45) is 9.92. The normalized spacial score (nSPS) is 30.5. The molecule has 0 atom stereocenters. The Kier molecular flexibility index (Phi) is 6.08. The summed E-state index contributed by atoms with van der Waals surface area (Å²) in [5.41, 5.74) is 0.561. The van der Waals surface area contributed by atoms with Crippen LogP contribution in [0, 0.1) is 17.3 Å². The Morgan fingerprint density at radius 1 is 1.00 bits per heavy atom. The van der Waals surface area contributed by atoms with E-state index in [1.807, 2.05) is 0 Å². The zero-order chi connectivity index (χ0) is 13.7. The maximum atomic E-state index is 3.87. The predicted octanol–water partition coefficient (Wildman–Crippen LogP) is 4.71. The van der Waals surface area contributed by atoms with Gasteiger partial charge in [0.2, 0.25) is 0 Å². The van der Waals surface area contributed by atoms with Crippen molar-refractivity contribution in [2.24, 2.45) is 17.3 Å². The van der Waals surface area contributed by atoms with Crippen LogP contribution in [0.25, 0.3) is 0 Å². The molecule has 2 fully saturated rings. The molecule has 19 heavy (non-hydrogen) atoms. The summed E-state index contributed by atoms with van der Waals surface area (Å²) in [4.78, 5) is 0. The van der Waals surface area contributed by atoms with Gasteiger partial charge in [-0.15, -0.1) is 0 Å². The molecule has 0 aromatic carbocycles. The van der Waals surface area contributed by atoms with Crippen molar-refractivity contribution in [1.29, 1.82) is 0 Å². The Bertz CT molecular complexity index is 250. The van der Waals surface area contributed by atoms with Crippen LogP contribution in [0.4, 0.5) is 0 Å². The fraction of sp³-hybridized carbons (Fsp3) is 1.00. The van der Waals surface area contributed by atoms with Crippen molar-refractivity contribution in [3.63, 3.8) is 0 Å². The van der Waals surface area contributed by atoms with Crippen LogP contribution in [0.2, 0.25) is 0 Å². The Hall–Kier alpha value is 0.310. The summed E-state index contributed by atoms with van der Waals surface area (Å²) >= 11 is 2.14. The van der Waals surface area contributed by atoms with Crippen molar-refractivity contribution in [3.05, 3.63) is 0 Å². The van der Waals surface area contributed by atoms with Gasteiger partial charge in [0.15, 0.2) is 0 Å². The third-order valence-electron chi connectivity index (χ3n) is 5.78. The quantitative estimate of drug-likeness (QED) is 0.784. The van der Waals surface area contributed by atoms with E-state index in [-0.39, 0.29) is 0 Å². The van der Waals surface area contributed by atoms with Crippen LogP contribution >= 0.6 is 11.8 Å². The van der Waals surface area contributed by atoms with Gasteiger partial charge in [0, 0.05) is 6.04 Å². The average Bonchev–Trinajstić information content (AvgIpc) is 2.47. The first-order valence-corrected chi connectivity index (χ1v) is 9.58. The molecule has 0 radical (unpaired) electrons. The number of rotatable bonds is 5. The highest BCUT2D eigenvalue weighted by Gasteiger charge is 2.31. The summed E-state index contributed by atoms with van der Waals surface area (Å²) in [5.74, 6) is 4.71. The summed E-state index contributed by atoms with van der Waals surface area (Å²) in [6.45, 7) is 8.56. The Morgan fingerprint density at radius 2 is 1.63 bits per heavy atom. The van der Waals surface area contributed by atoms with Crippen molar-refractivity contribution in [1.82, 2.24) is 5.32 Å². The second kappa shape index (κ2) is 7.36. The van der Waals surface area contributed by atoms with Gasteiger partial charge in [-0.05, 0) is 73.8 Å². The minimum Gasteiger partial charge on any atom is -0.314 e. The van der Waals surface area contributed by atoms with Crippen LogP contribution in [-0.2, 0) is 0 Å². The zero-order valence-corrected chi connectivity index (χ0v) is 14.0. The predicted molar refractivity (Wildman–Crippen MR) is 87.9 cm³/mol. The van der Waals surface area contributed by atoms with E-state index >= 15 is 0 Å². The average molecular weight is 284 g/mol. The lowest BCUT2D eigenvalue weighted by Crippen LogP contribution is -2.39. The third-order valence-corrected chi connectivity index (χ3v) is 6.83. The van der Waals surface area contributed by atoms with E-state index in [0.717, 1.165) is 17.9 Å². The first kappa shape index (κ1) is 15.7. The van der Waals surface area contributed by atoms with Crippen LogP contribution < -0.4 is 5.32 Å². The minimum atomic E-state index is 0.561. The molecular weight excluding hydrogens is 250 g/mol. The molecule has 112 valence electrons. The summed E-state index contributed by atoms with van der Waals surface area (Å²) < 4.78 is 0. The van der Waals surface area contributed by atoms with Crippen molar-refractivity contribution < 1.29 is 0 Å². The van der Waals surface area contributed by atoms with Gasteiger partial charge >= 0.3 is 0 Å². The number of hydrogen-bond donors (Lipinski definition) is 1. The van der Waals surface area contributed by atoms with E-state index in [4.69, 9.17) is 0 Å². The lowest BCUT2D eigenvalue weighted by Gasteiger charge is -2.39. The maximum absolute atomic E-state index is 3.87. The standard InChI is InChI=1S/C17H33NS/c1-4-17(2,3)15-5-7-16(8-6-15)18-13-14-9-11-19-12-10-14/h14-16,18H,4-13H2,1-3H3. The molecule has 0 aromatic heterocycles. The highest BCUT2D eigenvalue weighted by Crippen LogP contribution is 2.40. The first-order valence-electron chi connectivity index (χ1n) is 8.43. The van der Waals surface area contributed by atoms with E-state index in [1.54, 1.807) is 0 Å². The van der Waals surface area contributed by atoms with Crippen LogP contribution in [0.3, 0.4) is 0 Å². The second-order valence-corrected chi connectivity index (χ2v) is 8.58. The summed E-state index contributed by atoms with van der Waals surface area (Å²) in [6, 6.07) is 0.818. The van der Waals surface area contributed by atoms with Gasteiger partial charge in [-0.1, -0.05) is 27.2 Å². The molecule has 0 aromatic rings. The molecule has 0 bridgehead atoms. The molecule has 1 saturated carbocycles. The molecule has 1 N–H and O–H groups in total. The molecular formula is C17H33NS. The third kappa shape index (κ3) is 4.67. The Labute approximate surface area is 124 Å². The molecule has 1 aliphatic carbocycles.